The molecule has 1 unspecified atom stereocenters. The lowest BCUT2D eigenvalue weighted by Gasteiger charge is -2.35. The normalized spacial score (nSPS) is 21.2. The minimum atomic E-state index is -0.0892. The van der Waals surface area contributed by atoms with E-state index in [0.717, 1.165) is 18.5 Å². The van der Waals surface area contributed by atoms with Crippen molar-refractivity contribution in [2.75, 3.05) is 11.5 Å². The molecule has 2 rings (SSSR count). The fraction of sp³-hybridized carbons (Fsp3) is 0.462. The van der Waals surface area contributed by atoms with Gasteiger partial charge >= 0.3 is 0 Å². The van der Waals surface area contributed by atoms with Gasteiger partial charge in [0.1, 0.15) is 6.23 Å². The summed E-state index contributed by atoms with van der Waals surface area (Å²) in [5.41, 5.74) is 0.936. The quantitative estimate of drug-likeness (QED) is 0.782. The monoisotopic (exact) mass is 219 g/mol. The van der Waals surface area contributed by atoms with Crippen LogP contribution in [0.5, 0.6) is 0 Å². The van der Waals surface area contributed by atoms with Gasteiger partial charge in [-0.1, -0.05) is 18.2 Å². The molecule has 1 atom stereocenters. The molecule has 1 aromatic rings. The number of para-hydroxylation sites is 1. The van der Waals surface area contributed by atoms with E-state index in [0.29, 0.717) is 13.0 Å². The molecule has 0 saturated carbocycles. The standard InChI is InChI=1S/C13H17NO2/c1-2-16-13-10-6-9-12(15)14(13)11-7-4-3-5-8-11/h3-5,7-8,13H,2,6,9-10H2,1H3. The fourth-order valence-corrected chi connectivity index (χ4v) is 2.09. The second-order valence-electron chi connectivity index (χ2n) is 3.90. The summed E-state index contributed by atoms with van der Waals surface area (Å²) in [6.45, 7) is 2.60. The Morgan fingerprint density at radius 3 is 2.81 bits per heavy atom. The Balaban J connectivity index is 2.23. The summed E-state index contributed by atoms with van der Waals surface area (Å²) >= 11 is 0. The Hall–Kier alpha value is -1.35. The van der Waals surface area contributed by atoms with Crippen molar-refractivity contribution in [3.63, 3.8) is 0 Å². The van der Waals surface area contributed by atoms with E-state index >= 15 is 0 Å². The van der Waals surface area contributed by atoms with Crippen molar-refractivity contribution >= 4 is 11.6 Å². The molecule has 1 saturated heterocycles. The first-order valence-corrected chi connectivity index (χ1v) is 5.81. The molecule has 3 nitrogen and oxygen atoms in total. The third-order valence-corrected chi connectivity index (χ3v) is 2.79. The maximum atomic E-state index is 11.9. The molecule has 86 valence electrons. The van der Waals surface area contributed by atoms with Crippen molar-refractivity contribution in [1.29, 1.82) is 0 Å². The number of hydrogen-bond acceptors (Lipinski definition) is 2. The van der Waals surface area contributed by atoms with Gasteiger partial charge in [-0.25, -0.2) is 0 Å². The number of ether oxygens (including phenoxy) is 1. The average Bonchev–Trinajstić information content (AvgIpc) is 2.31. The largest absolute Gasteiger partial charge is 0.358 e. The lowest BCUT2D eigenvalue weighted by Crippen LogP contribution is -2.45. The van der Waals surface area contributed by atoms with Crippen LogP contribution in [0.2, 0.25) is 0 Å². The van der Waals surface area contributed by atoms with Gasteiger partial charge in [-0.2, -0.15) is 0 Å². The van der Waals surface area contributed by atoms with Gasteiger partial charge < -0.3 is 4.74 Å². The lowest BCUT2D eigenvalue weighted by molar-refractivity contribution is -0.123. The summed E-state index contributed by atoms with van der Waals surface area (Å²) in [6, 6.07) is 9.75. The lowest BCUT2D eigenvalue weighted by atomic mass is 10.1. The van der Waals surface area contributed by atoms with Crippen LogP contribution in [-0.2, 0) is 9.53 Å². The molecule has 1 amide bonds. The molecule has 0 aliphatic carbocycles. The Kier molecular flexibility index (Phi) is 3.57. The van der Waals surface area contributed by atoms with Gasteiger partial charge in [0.05, 0.1) is 0 Å². The summed E-state index contributed by atoms with van der Waals surface area (Å²) in [4.78, 5) is 13.7. The third-order valence-electron chi connectivity index (χ3n) is 2.79. The maximum absolute atomic E-state index is 11.9. The van der Waals surface area contributed by atoms with E-state index in [9.17, 15) is 4.79 Å². The minimum Gasteiger partial charge on any atom is -0.358 e. The van der Waals surface area contributed by atoms with E-state index in [-0.39, 0.29) is 12.1 Å². The van der Waals surface area contributed by atoms with Crippen LogP contribution in [0.1, 0.15) is 26.2 Å². The Labute approximate surface area is 96.0 Å². The minimum absolute atomic E-state index is 0.0892. The summed E-state index contributed by atoms with van der Waals surface area (Å²) in [7, 11) is 0. The van der Waals surface area contributed by atoms with Crippen LogP contribution in [-0.4, -0.2) is 18.7 Å². The highest BCUT2D eigenvalue weighted by atomic mass is 16.5. The molecule has 1 fully saturated rings. The van der Waals surface area contributed by atoms with Gasteiger partial charge in [0.2, 0.25) is 5.91 Å². The molecule has 0 bridgehead atoms. The van der Waals surface area contributed by atoms with E-state index in [4.69, 9.17) is 4.74 Å². The zero-order valence-electron chi connectivity index (χ0n) is 9.56. The predicted octanol–water partition coefficient (Wildman–Crippen LogP) is 2.57. The van der Waals surface area contributed by atoms with Gasteiger partial charge in [0, 0.05) is 18.7 Å². The molecule has 1 aliphatic rings. The van der Waals surface area contributed by atoms with E-state index < -0.39 is 0 Å². The van der Waals surface area contributed by atoms with Crippen molar-refractivity contribution in [3.05, 3.63) is 30.3 Å². The van der Waals surface area contributed by atoms with Crippen LogP contribution in [0, 0.1) is 0 Å². The highest BCUT2D eigenvalue weighted by Gasteiger charge is 2.29. The number of hydrogen-bond donors (Lipinski definition) is 0. The molecule has 0 aromatic heterocycles. The number of anilines is 1. The zero-order valence-corrected chi connectivity index (χ0v) is 9.56. The van der Waals surface area contributed by atoms with Gasteiger partial charge in [-0.05, 0) is 31.9 Å². The topological polar surface area (TPSA) is 29.5 Å². The molecule has 0 radical (unpaired) electrons. The highest BCUT2D eigenvalue weighted by molar-refractivity contribution is 5.94. The summed E-state index contributed by atoms with van der Waals surface area (Å²) in [6.07, 6.45) is 2.38. The second-order valence-corrected chi connectivity index (χ2v) is 3.90. The van der Waals surface area contributed by atoms with Crippen LogP contribution < -0.4 is 4.90 Å². The first-order chi connectivity index (χ1) is 7.83. The van der Waals surface area contributed by atoms with Crippen molar-refractivity contribution in [3.8, 4) is 0 Å². The Morgan fingerprint density at radius 1 is 1.38 bits per heavy atom. The van der Waals surface area contributed by atoms with Gasteiger partial charge in [-0.3, -0.25) is 9.69 Å². The van der Waals surface area contributed by atoms with Crippen molar-refractivity contribution in [2.45, 2.75) is 32.4 Å². The van der Waals surface area contributed by atoms with E-state index in [1.165, 1.54) is 0 Å². The molecule has 0 N–H and O–H groups in total. The van der Waals surface area contributed by atoms with Crippen molar-refractivity contribution in [2.24, 2.45) is 0 Å². The smallest absolute Gasteiger partial charge is 0.229 e. The molecule has 0 spiro atoms. The summed E-state index contributed by atoms with van der Waals surface area (Å²) < 4.78 is 5.63. The third kappa shape index (κ3) is 2.25. The van der Waals surface area contributed by atoms with Crippen LogP contribution in [0.25, 0.3) is 0 Å². The first-order valence-electron chi connectivity index (χ1n) is 5.81. The number of rotatable bonds is 3. The number of amides is 1. The fourth-order valence-electron chi connectivity index (χ4n) is 2.09. The highest BCUT2D eigenvalue weighted by Crippen LogP contribution is 2.25. The Morgan fingerprint density at radius 2 is 2.12 bits per heavy atom. The molecule has 1 heterocycles. The van der Waals surface area contributed by atoms with Gasteiger partial charge in [0.15, 0.2) is 0 Å². The summed E-state index contributed by atoms with van der Waals surface area (Å²) in [5, 5.41) is 0. The zero-order chi connectivity index (χ0) is 11.4. The number of carbonyl (C=O) groups is 1. The van der Waals surface area contributed by atoms with Crippen molar-refractivity contribution < 1.29 is 9.53 Å². The first kappa shape index (κ1) is 11.1. The predicted molar refractivity (Wildman–Crippen MR) is 63.2 cm³/mol. The summed E-state index contributed by atoms with van der Waals surface area (Å²) in [5.74, 6) is 0.163. The Bertz CT molecular complexity index is 348. The average molecular weight is 219 g/mol. The molecule has 1 aliphatic heterocycles. The van der Waals surface area contributed by atoms with Crippen LogP contribution in [0.15, 0.2) is 30.3 Å². The number of carbonyl (C=O) groups excluding carboxylic acids is 1. The SMILES string of the molecule is CCOC1CCCC(=O)N1c1ccccc1. The number of benzene rings is 1. The molecule has 16 heavy (non-hydrogen) atoms. The van der Waals surface area contributed by atoms with Crippen molar-refractivity contribution in [1.82, 2.24) is 0 Å². The van der Waals surface area contributed by atoms with Crippen LogP contribution in [0.3, 0.4) is 0 Å². The molecular weight excluding hydrogens is 202 g/mol. The van der Waals surface area contributed by atoms with Gasteiger partial charge in [-0.15, -0.1) is 0 Å². The number of piperidine rings is 1. The van der Waals surface area contributed by atoms with Crippen LogP contribution >= 0.6 is 0 Å². The van der Waals surface area contributed by atoms with Crippen LogP contribution in [0.4, 0.5) is 5.69 Å². The van der Waals surface area contributed by atoms with E-state index in [1.807, 2.05) is 37.3 Å². The van der Waals surface area contributed by atoms with E-state index in [2.05, 4.69) is 0 Å². The van der Waals surface area contributed by atoms with E-state index in [1.54, 1.807) is 4.90 Å². The molecular formula is C13H17NO2. The maximum Gasteiger partial charge on any atom is 0.229 e. The molecule has 1 aromatic carbocycles. The second kappa shape index (κ2) is 5.12. The molecule has 3 heteroatoms. The van der Waals surface area contributed by atoms with Gasteiger partial charge in [0.25, 0.3) is 0 Å². The number of nitrogens with zero attached hydrogens (tertiary/aromatic N) is 1.